The molecule has 7 heteroatoms. The van der Waals surface area contributed by atoms with Crippen LogP contribution in [0.5, 0.6) is 5.75 Å². The highest BCUT2D eigenvalue weighted by atomic mass is 35.5. The normalized spacial score (nSPS) is 11.0. The van der Waals surface area contributed by atoms with Gasteiger partial charge in [-0.15, -0.1) is 16.5 Å². The summed E-state index contributed by atoms with van der Waals surface area (Å²) in [6.45, 7) is 1.40. The van der Waals surface area contributed by atoms with Crippen molar-refractivity contribution in [3.05, 3.63) is 64.5 Å². The van der Waals surface area contributed by atoms with Gasteiger partial charge in [-0.05, 0) is 36.4 Å². The number of benzene rings is 2. The zero-order chi connectivity index (χ0) is 17.8. The Hall–Kier alpha value is -2.70. The number of ketones is 1. The van der Waals surface area contributed by atoms with Crippen molar-refractivity contribution >= 4 is 50.8 Å². The molecule has 5 nitrogen and oxygen atoms in total. The Morgan fingerprint density at radius 2 is 1.76 bits per heavy atom. The molecule has 0 atom stereocenters. The lowest BCUT2D eigenvalue weighted by Crippen LogP contribution is -1.86. The summed E-state index contributed by atoms with van der Waals surface area (Å²) in [4.78, 5) is 12.0. The Kier molecular flexibility index (Phi) is 5.11. The molecule has 2 N–H and O–H groups in total. The van der Waals surface area contributed by atoms with Gasteiger partial charge >= 0.3 is 0 Å². The van der Waals surface area contributed by atoms with Gasteiger partial charge in [0.05, 0.1) is 5.69 Å². The average molecular weight is 372 g/mol. The van der Waals surface area contributed by atoms with E-state index in [-0.39, 0.29) is 22.1 Å². The van der Waals surface area contributed by atoms with Gasteiger partial charge in [0.25, 0.3) is 0 Å². The van der Waals surface area contributed by atoms with Crippen LogP contribution in [0.4, 0.5) is 22.1 Å². The van der Waals surface area contributed by atoms with Gasteiger partial charge in [0.15, 0.2) is 17.2 Å². The van der Waals surface area contributed by atoms with Crippen LogP contribution in [-0.4, -0.2) is 10.9 Å². The second-order valence-corrected chi connectivity index (χ2v) is 6.64. The van der Waals surface area contributed by atoms with Crippen molar-refractivity contribution in [2.45, 2.75) is 6.92 Å². The number of nitrogens with one attached hydrogen (secondary N) is 1. The van der Waals surface area contributed by atoms with E-state index in [2.05, 4.69) is 15.5 Å². The third-order valence-corrected chi connectivity index (χ3v) is 4.74. The van der Waals surface area contributed by atoms with Crippen LogP contribution in [-0.2, 0) is 0 Å². The molecular formula is C18H14ClN3O2S. The molecule has 3 aromatic rings. The van der Waals surface area contributed by atoms with Crippen LogP contribution < -0.4 is 5.32 Å². The van der Waals surface area contributed by atoms with Crippen LogP contribution in [0.3, 0.4) is 0 Å². The molecule has 0 unspecified atom stereocenters. The highest BCUT2D eigenvalue weighted by Gasteiger charge is 2.21. The van der Waals surface area contributed by atoms with Gasteiger partial charge in [0.1, 0.15) is 9.88 Å². The molecule has 25 heavy (non-hydrogen) atoms. The molecule has 1 aromatic heterocycles. The maximum absolute atomic E-state index is 11.7. The zero-order valence-corrected chi connectivity index (χ0v) is 14.8. The fraction of sp³-hybridized carbons (Fsp3) is 0.0556. The van der Waals surface area contributed by atoms with Gasteiger partial charge in [-0.25, -0.2) is 0 Å². The van der Waals surface area contributed by atoms with Gasteiger partial charge < -0.3 is 10.4 Å². The van der Waals surface area contributed by atoms with E-state index >= 15 is 0 Å². The topological polar surface area (TPSA) is 74.0 Å². The Balaban J connectivity index is 1.98. The summed E-state index contributed by atoms with van der Waals surface area (Å²) < 4.78 is 0. The largest absolute Gasteiger partial charge is 0.504 e. The van der Waals surface area contributed by atoms with E-state index < -0.39 is 0 Å². The summed E-state index contributed by atoms with van der Waals surface area (Å²) in [5.74, 6) is -0.403. The van der Waals surface area contributed by atoms with Crippen molar-refractivity contribution in [3.63, 3.8) is 0 Å². The van der Waals surface area contributed by atoms with E-state index in [9.17, 15) is 9.90 Å². The minimum atomic E-state index is -0.230. The molecule has 2 aromatic carbocycles. The molecule has 0 saturated carbocycles. The molecule has 0 amide bonds. The van der Waals surface area contributed by atoms with E-state index in [1.807, 2.05) is 30.3 Å². The van der Waals surface area contributed by atoms with Crippen molar-refractivity contribution in [1.82, 2.24) is 0 Å². The van der Waals surface area contributed by atoms with E-state index in [4.69, 9.17) is 11.6 Å². The predicted molar refractivity (Wildman–Crippen MR) is 101 cm³/mol. The molecule has 1 heterocycles. The summed E-state index contributed by atoms with van der Waals surface area (Å²) in [6, 6.07) is 16.3. The number of hydrogen-bond acceptors (Lipinski definition) is 6. The number of anilines is 2. The highest BCUT2D eigenvalue weighted by Crippen LogP contribution is 2.47. The average Bonchev–Trinajstić information content (AvgIpc) is 2.91. The van der Waals surface area contributed by atoms with Crippen molar-refractivity contribution in [2.24, 2.45) is 10.2 Å². The Bertz CT molecular complexity index is 921. The molecule has 0 aliphatic carbocycles. The number of rotatable bonds is 5. The number of para-hydroxylation sites is 1. The molecule has 126 valence electrons. The van der Waals surface area contributed by atoms with Crippen molar-refractivity contribution < 1.29 is 9.90 Å². The van der Waals surface area contributed by atoms with Gasteiger partial charge in [-0.1, -0.05) is 29.8 Å². The summed E-state index contributed by atoms with van der Waals surface area (Å²) in [7, 11) is 0. The zero-order valence-electron chi connectivity index (χ0n) is 13.2. The Labute approximate surface area is 153 Å². The van der Waals surface area contributed by atoms with Crippen LogP contribution >= 0.6 is 22.9 Å². The fourth-order valence-corrected chi connectivity index (χ4v) is 3.17. The molecule has 0 aliphatic heterocycles. The monoisotopic (exact) mass is 371 g/mol. The number of nitrogens with zero attached hydrogens (tertiary/aromatic N) is 2. The highest BCUT2D eigenvalue weighted by molar-refractivity contribution is 7.19. The molecule has 0 saturated heterocycles. The molecular weight excluding hydrogens is 358 g/mol. The van der Waals surface area contributed by atoms with Crippen molar-refractivity contribution in [1.29, 1.82) is 0 Å². The SMILES string of the molecule is CC(=O)c1sc(Nc2ccccc2)c(N=Nc2ccc(Cl)cc2)c1O. The first-order chi connectivity index (χ1) is 12.0. The number of azo groups is 1. The number of carbonyl (C=O) groups is 1. The third-order valence-electron chi connectivity index (χ3n) is 3.30. The first-order valence-corrected chi connectivity index (χ1v) is 8.60. The van der Waals surface area contributed by atoms with Crippen LogP contribution in [0.1, 0.15) is 16.6 Å². The van der Waals surface area contributed by atoms with Gasteiger partial charge in [0, 0.05) is 17.6 Å². The lowest BCUT2D eigenvalue weighted by molar-refractivity contribution is 0.101. The minimum absolute atomic E-state index is 0.173. The number of carbonyl (C=O) groups excluding carboxylic acids is 1. The summed E-state index contributed by atoms with van der Waals surface area (Å²) >= 11 is 6.99. The van der Waals surface area contributed by atoms with Crippen molar-refractivity contribution in [3.8, 4) is 5.75 Å². The molecule has 3 rings (SSSR count). The van der Waals surface area contributed by atoms with E-state index in [0.717, 1.165) is 17.0 Å². The number of aromatic hydroxyl groups is 1. The maximum atomic E-state index is 11.7. The molecule has 0 radical (unpaired) electrons. The quantitative estimate of drug-likeness (QED) is 0.398. The lowest BCUT2D eigenvalue weighted by Gasteiger charge is -2.04. The van der Waals surface area contributed by atoms with Crippen LogP contribution in [0.25, 0.3) is 0 Å². The first-order valence-electron chi connectivity index (χ1n) is 7.40. The first kappa shape index (κ1) is 17.1. The predicted octanol–water partition coefficient (Wildman–Crippen LogP) is 6.47. The summed E-state index contributed by atoms with van der Waals surface area (Å²) in [6.07, 6.45) is 0. The second kappa shape index (κ2) is 7.46. The van der Waals surface area contributed by atoms with E-state index in [0.29, 0.717) is 15.7 Å². The lowest BCUT2D eigenvalue weighted by atomic mass is 10.3. The molecule has 0 aliphatic rings. The minimum Gasteiger partial charge on any atom is -0.504 e. The van der Waals surface area contributed by atoms with E-state index in [1.54, 1.807) is 24.3 Å². The molecule has 0 fully saturated rings. The van der Waals surface area contributed by atoms with Crippen LogP contribution in [0.2, 0.25) is 5.02 Å². The third kappa shape index (κ3) is 4.04. The van der Waals surface area contributed by atoms with Crippen LogP contribution in [0.15, 0.2) is 64.8 Å². The van der Waals surface area contributed by atoms with E-state index in [1.165, 1.54) is 6.92 Å². The fourth-order valence-electron chi connectivity index (χ4n) is 2.10. The van der Waals surface area contributed by atoms with Gasteiger partial charge in [-0.2, -0.15) is 5.11 Å². The van der Waals surface area contributed by atoms with Gasteiger partial charge in [-0.3, -0.25) is 4.79 Å². The number of Topliss-reactive ketones (excluding diaryl/α,β-unsaturated/α-hetero) is 1. The summed E-state index contributed by atoms with van der Waals surface area (Å²) in [5.41, 5.74) is 1.64. The summed E-state index contributed by atoms with van der Waals surface area (Å²) in [5, 5.41) is 22.9. The number of halogens is 1. The maximum Gasteiger partial charge on any atom is 0.173 e. The van der Waals surface area contributed by atoms with Crippen LogP contribution in [0, 0.1) is 0 Å². The molecule has 0 bridgehead atoms. The Morgan fingerprint density at radius 3 is 2.40 bits per heavy atom. The number of thiophene rings is 1. The molecule has 0 spiro atoms. The smallest absolute Gasteiger partial charge is 0.173 e. The standard InChI is InChI=1S/C18H14ClN3O2S/c1-11(23)17-16(24)15(22-21-14-9-7-12(19)8-10-14)18(25-17)20-13-5-3-2-4-6-13/h2-10,20,24H,1H3. The Morgan fingerprint density at radius 1 is 1.08 bits per heavy atom. The van der Waals surface area contributed by atoms with Crippen molar-refractivity contribution in [2.75, 3.05) is 5.32 Å². The number of hydrogen-bond donors (Lipinski definition) is 2. The second-order valence-electron chi connectivity index (χ2n) is 5.18. The van der Waals surface area contributed by atoms with Gasteiger partial charge in [0.2, 0.25) is 0 Å².